The minimum atomic E-state index is -0.268. The number of phenols is 1. The summed E-state index contributed by atoms with van der Waals surface area (Å²) in [5.74, 6) is 0.596. The molecule has 0 aliphatic rings. The Kier molecular flexibility index (Phi) is 6.16. The molecule has 0 saturated carbocycles. The molecule has 0 radical (unpaired) electrons. The van der Waals surface area contributed by atoms with Crippen molar-refractivity contribution in [2.24, 2.45) is 0 Å². The van der Waals surface area contributed by atoms with Crippen LogP contribution in [0.15, 0.2) is 45.6 Å². The van der Waals surface area contributed by atoms with Crippen molar-refractivity contribution >= 4 is 23.2 Å². The first-order valence-corrected chi connectivity index (χ1v) is 9.25. The molecule has 27 heavy (non-hydrogen) atoms. The monoisotopic (exact) mass is 386 g/mol. The number of hydrogen-bond acceptors (Lipinski definition) is 7. The summed E-state index contributed by atoms with van der Waals surface area (Å²) < 4.78 is 5.14. The minimum Gasteiger partial charge on any atom is -0.508 e. The van der Waals surface area contributed by atoms with Crippen LogP contribution in [0, 0.1) is 0 Å². The van der Waals surface area contributed by atoms with E-state index in [0.29, 0.717) is 36.8 Å². The molecule has 1 aromatic carbocycles. The van der Waals surface area contributed by atoms with Gasteiger partial charge in [-0.15, -0.1) is 0 Å². The molecular formula is C18H18N4O4S. The number of phenolic OH excluding ortho intramolecular Hbond substituents is 1. The largest absolute Gasteiger partial charge is 0.508 e. The molecule has 0 spiro atoms. The number of nitrogens with one attached hydrogen (secondary N) is 2. The standard InChI is InChI=1S/C18H18N4O4S/c23-14-3-1-12(2-4-14)18(25)20-9-8-19-15(24)5-6-16-21-17(22-26-16)13-7-10-27-11-13/h1-4,7,10-11,23H,5-6,8-9H2,(H,19,24)(H,20,25). The third kappa shape index (κ3) is 5.38. The summed E-state index contributed by atoms with van der Waals surface area (Å²) in [5, 5.41) is 22.4. The summed E-state index contributed by atoms with van der Waals surface area (Å²) in [6, 6.07) is 7.84. The molecule has 0 atom stereocenters. The molecule has 0 fully saturated rings. The number of thiophene rings is 1. The topological polar surface area (TPSA) is 117 Å². The van der Waals surface area contributed by atoms with Crippen molar-refractivity contribution in [2.75, 3.05) is 13.1 Å². The van der Waals surface area contributed by atoms with Gasteiger partial charge in [0, 0.05) is 42.4 Å². The Bertz CT molecular complexity index is 890. The second-order valence-corrected chi connectivity index (χ2v) is 6.46. The van der Waals surface area contributed by atoms with Gasteiger partial charge in [-0.3, -0.25) is 9.59 Å². The molecule has 0 saturated heterocycles. The van der Waals surface area contributed by atoms with Crippen molar-refractivity contribution in [1.82, 2.24) is 20.8 Å². The molecule has 0 aliphatic heterocycles. The molecule has 2 heterocycles. The van der Waals surface area contributed by atoms with Crippen molar-refractivity contribution in [3.63, 3.8) is 0 Å². The minimum absolute atomic E-state index is 0.0995. The van der Waals surface area contributed by atoms with E-state index < -0.39 is 0 Å². The number of carbonyl (C=O) groups is 2. The van der Waals surface area contributed by atoms with Gasteiger partial charge in [0.1, 0.15) is 5.75 Å². The average Bonchev–Trinajstić information content (AvgIpc) is 3.35. The normalized spacial score (nSPS) is 10.5. The Balaban J connectivity index is 1.34. The number of amides is 2. The second kappa shape index (κ2) is 8.95. The maximum absolute atomic E-state index is 11.9. The fourth-order valence-corrected chi connectivity index (χ4v) is 2.90. The molecule has 3 N–H and O–H groups in total. The molecular weight excluding hydrogens is 368 g/mol. The van der Waals surface area contributed by atoms with Gasteiger partial charge in [-0.1, -0.05) is 5.16 Å². The zero-order chi connectivity index (χ0) is 19.1. The summed E-state index contributed by atoms with van der Waals surface area (Å²) >= 11 is 1.55. The molecule has 9 heteroatoms. The highest BCUT2D eigenvalue weighted by Gasteiger charge is 2.11. The van der Waals surface area contributed by atoms with Crippen molar-refractivity contribution < 1.29 is 19.2 Å². The fraction of sp³-hybridized carbons (Fsp3) is 0.222. The number of nitrogens with zero attached hydrogens (tertiary/aromatic N) is 2. The van der Waals surface area contributed by atoms with E-state index in [2.05, 4.69) is 20.8 Å². The summed E-state index contributed by atoms with van der Waals surface area (Å²) in [7, 11) is 0. The molecule has 0 unspecified atom stereocenters. The van der Waals surface area contributed by atoms with Gasteiger partial charge < -0.3 is 20.3 Å². The van der Waals surface area contributed by atoms with E-state index in [0.717, 1.165) is 5.56 Å². The maximum atomic E-state index is 11.9. The first-order valence-electron chi connectivity index (χ1n) is 8.31. The molecule has 3 aromatic rings. The van der Waals surface area contributed by atoms with E-state index in [1.54, 1.807) is 11.3 Å². The lowest BCUT2D eigenvalue weighted by Gasteiger charge is -2.07. The van der Waals surface area contributed by atoms with E-state index in [1.165, 1.54) is 24.3 Å². The van der Waals surface area contributed by atoms with Crippen LogP contribution in [0.3, 0.4) is 0 Å². The van der Waals surface area contributed by atoms with E-state index in [1.807, 2.05) is 16.8 Å². The van der Waals surface area contributed by atoms with Crippen LogP contribution in [0.4, 0.5) is 0 Å². The number of benzene rings is 1. The summed E-state index contributed by atoms with van der Waals surface area (Å²) in [6.07, 6.45) is 0.569. The third-order valence-electron chi connectivity index (χ3n) is 3.68. The summed E-state index contributed by atoms with van der Waals surface area (Å²) in [4.78, 5) is 28.0. The first kappa shape index (κ1) is 18.6. The van der Waals surface area contributed by atoms with Crippen LogP contribution < -0.4 is 10.6 Å². The Hall–Kier alpha value is -3.20. The highest BCUT2D eigenvalue weighted by Crippen LogP contribution is 2.18. The Morgan fingerprint density at radius 3 is 2.63 bits per heavy atom. The third-order valence-corrected chi connectivity index (χ3v) is 4.36. The highest BCUT2D eigenvalue weighted by molar-refractivity contribution is 7.08. The Morgan fingerprint density at radius 1 is 1.11 bits per heavy atom. The molecule has 8 nitrogen and oxygen atoms in total. The van der Waals surface area contributed by atoms with E-state index in [9.17, 15) is 14.7 Å². The van der Waals surface area contributed by atoms with Crippen molar-refractivity contribution in [1.29, 1.82) is 0 Å². The van der Waals surface area contributed by atoms with Gasteiger partial charge in [0.25, 0.3) is 5.91 Å². The first-order chi connectivity index (χ1) is 13.1. The second-order valence-electron chi connectivity index (χ2n) is 5.68. The number of aromatic nitrogens is 2. The van der Waals surface area contributed by atoms with E-state index in [-0.39, 0.29) is 24.0 Å². The molecule has 140 valence electrons. The smallest absolute Gasteiger partial charge is 0.251 e. The van der Waals surface area contributed by atoms with Crippen molar-refractivity contribution in [3.05, 3.63) is 52.5 Å². The van der Waals surface area contributed by atoms with Crippen LogP contribution in [0.5, 0.6) is 5.75 Å². The van der Waals surface area contributed by atoms with Gasteiger partial charge in [-0.25, -0.2) is 0 Å². The van der Waals surface area contributed by atoms with Crippen LogP contribution in [0.2, 0.25) is 0 Å². The highest BCUT2D eigenvalue weighted by atomic mass is 32.1. The van der Waals surface area contributed by atoms with E-state index in [4.69, 9.17) is 4.52 Å². The lowest BCUT2D eigenvalue weighted by Crippen LogP contribution is -2.34. The number of carbonyl (C=O) groups excluding carboxylic acids is 2. The Labute approximate surface area is 159 Å². The van der Waals surface area contributed by atoms with Crippen LogP contribution in [-0.4, -0.2) is 40.2 Å². The number of rotatable bonds is 8. The van der Waals surface area contributed by atoms with Gasteiger partial charge in [0.05, 0.1) is 0 Å². The van der Waals surface area contributed by atoms with Gasteiger partial charge >= 0.3 is 0 Å². The fourth-order valence-electron chi connectivity index (χ4n) is 2.27. The van der Waals surface area contributed by atoms with Gasteiger partial charge in [-0.05, 0) is 35.7 Å². The predicted octanol–water partition coefficient (Wildman–Crippen LogP) is 1.98. The number of hydrogen-bond donors (Lipinski definition) is 3. The summed E-state index contributed by atoms with van der Waals surface area (Å²) in [6.45, 7) is 0.612. The average molecular weight is 386 g/mol. The van der Waals surface area contributed by atoms with Gasteiger partial charge in [0.15, 0.2) is 0 Å². The number of aryl methyl sites for hydroxylation is 1. The molecule has 2 amide bonds. The van der Waals surface area contributed by atoms with Crippen molar-refractivity contribution in [2.45, 2.75) is 12.8 Å². The molecule has 0 aliphatic carbocycles. The van der Waals surface area contributed by atoms with Crippen LogP contribution in [-0.2, 0) is 11.2 Å². The predicted molar refractivity (Wildman–Crippen MR) is 99.4 cm³/mol. The number of aromatic hydroxyl groups is 1. The van der Waals surface area contributed by atoms with Gasteiger partial charge in [-0.2, -0.15) is 16.3 Å². The zero-order valence-corrected chi connectivity index (χ0v) is 15.2. The zero-order valence-electron chi connectivity index (χ0n) is 14.3. The van der Waals surface area contributed by atoms with Crippen LogP contribution in [0.1, 0.15) is 22.7 Å². The quantitative estimate of drug-likeness (QED) is 0.510. The Morgan fingerprint density at radius 2 is 1.89 bits per heavy atom. The molecule has 3 rings (SSSR count). The summed E-state index contributed by atoms with van der Waals surface area (Å²) in [5.41, 5.74) is 1.33. The molecule has 2 aromatic heterocycles. The molecule has 0 bridgehead atoms. The lowest BCUT2D eigenvalue weighted by atomic mass is 10.2. The van der Waals surface area contributed by atoms with Crippen LogP contribution in [0.25, 0.3) is 11.4 Å². The van der Waals surface area contributed by atoms with Gasteiger partial charge in [0.2, 0.25) is 17.6 Å². The van der Waals surface area contributed by atoms with Crippen molar-refractivity contribution in [3.8, 4) is 17.1 Å². The van der Waals surface area contributed by atoms with Crippen LogP contribution >= 0.6 is 11.3 Å². The van der Waals surface area contributed by atoms with E-state index >= 15 is 0 Å². The SMILES string of the molecule is O=C(CCc1nc(-c2ccsc2)no1)NCCNC(=O)c1ccc(O)cc1. The maximum Gasteiger partial charge on any atom is 0.251 e. The lowest BCUT2D eigenvalue weighted by molar-refractivity contribution is -0.121.